The van der Waals surface area contributed by atoms with Crippen LogP contribution in [0, 0.1) is 6.92 Å². The molecule has 1 aliphatic rings. The molecule has 1 saturated carbocycles. The molecule has 0 aliphatic heterocycles. The van der Waals surface area contributed by atoms with Crippen LogP contribution in [0.2, 0.25) is 0 Å². The predicted molar refractivity (Wildman–Crippen MR) is 63.2 cm³/mol. The zero-order chi connectivity index (χ0) is 10.8. The summed E-state index contributed by atoms with van der Waals surface area (Å²) in [4.78, 5) is 0.983. The molecule has 3 atom stereocenters. The highest BCUT2D eigenvalue weighted by atomic mass is 32.2. The van der Waals surface area contributed by atoms with Crippen LogP contribution in [0.4, 0.5) is 0 Å². The molecule has 0 spiro atoms. The molecule has 0 bridgehead atoms. The van der Waals surface area contributed by atoms with E-state index in [-0.39, 0.29) is 11.3 Å². The van der Waals surface area contributed by atoms with Crippen LogP contribution in [0.3, 0.4) is 0 Å². The van der Waals surface area contributed by atoms with Crippen LogP contribution >= 0.6 is 0 Å². The Morgan fingerprint density at radius 1 is 1.33 bits per heavy atom. The Labute approximate surface area is 93.3 Å². The minimum absolute atomic E-state index is 0.253. The van der Waals surface area contributed by atoms with Crippen molar-refractivity contribution in [2.75, 3.05) is 0 Å². The van der Waals surface area contributed by atoms with Gasteiger partial charge in [-0.05, 0) is 37.8 Å². The van der Waals surface area contributed by atoms with E-state index in [0.29, 0.717) is 0 Å². The summed E-state index contributed by atoms with van der Waals surface area (Å²) < 4.78 is 12.3. The van der Waals surface area contributed by atoms with Gasteiger partial charge in [0.2, 0.25) is 0 Å². The third-order valence-electron chi connectivity index (χ3n) is 3.04. The Hall–Kier alpha value is -0.670. The fourth-order valence-corrected chi connectivity index (χ4v) is 3.86. The van der Waals surface area contributed by atoms with Crippen molar-refractivity contribution in [1.82, 2.24) is 0 Å². The van der Waals surface area contributed by atoms with Gasteiger partial charge in [0, 0.05) is 16.2 Å². The molecule has 2 nitrogen and oxygen atoms in total. The minimum Gasteiger partial charge on any atom is -0.328 e. The summed E-state index contributed by atoms with van der Waals surface area (Å²) in [6.45, 7) is 2.02. The number of nitrogens with two attached hydrogens (primary N) is 1. The molecule has 0 heterocycles. The maximum Gasteiger partial charge on any atom is 0.0564 e. The fraction of sp³-hybridized carbons (Fsp3) is 0.500. The van der Waals surface area contributed by atoms with Crippen LogP contribution < -0.4 is 5.73 Å². The first-order chi connectivity index (χ1) is 7.18. The fourth-order valence-electron chi connectivity index (χ4n) is 2.13. The first kappa shape index (κ1) is 10.8. The smallest absolute Gasteiger partial charge is 0.0564 e. The molecule has 3 unspecified atom stereocenters. The monoisotopic (exact) mass is 223 g/mol. The molecule has 0 saturated heterocycles. The SMILES string of the molecule is Cc1ccccc1S(=O)C1CCC(N)C1. The molecule has 0 radical (unpaired) electrons. The molecule has 82 valence electrons. The molecule has 2 rings (SSSR count). The predicted octanol–water partition coefficient (Wildman–Crippen LogP) is 1.98. The Balaban J connectivity index is 2.18. The summed E-state index contributed by atoms with van der Waals surface area (Å²) in [5, 5.41) is 0.265. The van der Waals surface area contributed by atoms with Crippen LogP contribution in [-0.2, 0) is 10.8 Å². The number of rotatable bonds is 2. The highest BCUT2D eigenvalue weighted by Gasteiger charge is 2.27. The number of aryl methyl sites for hydroxylation is 1. The number of hydrogen-bond acceptors (Lipinski definition) is 2. The topological polar surface area (TPSA) is 43.1 Å². The molecule has 0 aromatic heterocycles. The Kier molecular flexibility index (Phi) is 3.22. The Bertz CT molecular complexity index is 378. The van der Waals surface area contributed by atoms with Gasteiger partial charge in [-0.15, -0.1) is 0 Å². The summed E-state index contributed by atoms with van der Waals surface area (Å²) in [6.07, 6.45) is 2.92. The third kappa shape index (κ3) is 2.29. The molecule has 1 aliphatic carbocycles. The van der Waals surface area contributed by atoms with Gasteiger partial charge in [-0.25, -0.2) is 0 Å². The lowest BCUT2D eigenvalue weighted by Crippen LogP contribution is -2.18. The quantitative estimate of drug-likeness (QED) is 0.833. The molecule has 1 aromatic carbocycles. The van der Waals surface area contributed by atoms with Crippen LogP contribution in [0.15, 0.2) is 29.2 Å². The van der Waals surface area contributed by atoms with E-state index in [4.69, 9.17) is 5.73 Å². The molecule has 2 N–H and O–H groups in total. The summed E-state index contributed by atoms with van der Waals surface area (Å²) in [5.74, 6) is 0. The number of benzene rings is 1. The molecule has 0 amide bonds. The lowest BCUT2D eigenvalue weighted by molar-refractivity contribution is 0.664. The van der Waals surface area contributed by atoms with Crippen molar-refractivity contribution in [2.24, 2.45) is 5.73 Å². The largest absolute Gasteiger partial charge is 0.328 e. The van der Waals surface area contributed by atoms with E-state index in [1.54, 1.807) is 0 Å². The van der Waals surface area contributed by atoms with Crippen LogP contribution in [-0.4, -0.2) is 15.5 Å². The summed E-state index contributed by atoms with van der Waals surface area (Å²) in [6, 6.07) is 8.17. The van der Waals surface area contributed by atoms with Crippen molar-refractivity contribution in [2.45, 2.75) is 42.4 Å². The zero-order valence-corrected chi connectivity index (χ0v) is 9.80. The second-order valence-electron chi connectivity index (χ2n) is 4.26. The van der Waals surface area contributed by atoms with Gasteiger partial charge in [-0.2, -0.15) is 0 Å². The molecular formula is C12H17NOS. The van der Waals surface area contributed by atoms with Gasteiger partial charge in [0.25, 0.3) is 0 Å². The summed E-state index contributed by atoms with van der Waals surface area (Å²) >= 11 is 0. The minimum atomic E-state index is -0.871. The molecule has 1 fully saturated rings. The van der Waals surface area contributed by atoms with Gasteiger partial charge < -0.3 is 5.73 Å². The van der Waals surface area contributed by atoms with E-state index < -0.39 is 10.8 Å². The Morgan fingerprint density at radius 3 is 2.67 bits per heavy atom. The molecule has 3 heteroatoms. The van der Waals surface area contributed by atoms with Crippen LogP contribution in [0.1, 0.15) is 24.8 Å². The van der Waals surface area contributed by atoms with Gasteiger partial charge in [0.05, 0.1) is 10.8 Å². The normalized spacial score (nSPS) is 27.9. The maximum absolute atomic E-state index is 12.3. The van der Waals surface area contributed by atoms with Crippen molar-refractivity contribution in [1.29, 1.82) is 0 Å². The van der Waals surface area contributed by atoms with Gasteiger partial charge >= 0.3 is 0 Å². The van der Waals surface area contributed by atoms with Crippen LogP contribution in [0.25, 0.3) is 0 Å². The first-order valence-corrected chi connectivity index (χ1v) is 6.61. The zero-order valence-electron chi connectivity index (χ0n) is 8.98. The standard InChI is InChI=1S/C12H17NOS/c1-9-4-2-3-5-12(9)15(14)11-7-6-10(13)8-11/h2-5,10-11H,6-8,13H2,1H3. The van der Waals surface area contributed by atoms with E-state index >= 15 is 0 Å². The van der Waals surface area contributed by atoms with Crippen molar-refractivity contribution in [3.05, 3.63) is 29.8 Å². The lowest BCUT2D eigenvalue weighted by Gasteiger charge is -2.11. The van der Waals surface area contributed by atoms with Crippen molar-refractivity contribution in [3.63, 3.8) is 0 Å². The second kappa shape index (κ2) is 4.45. The number of hydrogen-bond donors (Lipinski definition) is 1. The summed E-state index contributed by atoms with van der Waals surface area (Å²) in [7, 11) is -0.871. The van der Waals surface area contributed by atoms with E-state index in [9.17, 15) is 4.21 Å². The average molecular weight is 223 g/mol. The third-order valence-corrected chi connectivity index (χ3v) is 4.96. The van der Waals surface area contributed by atoms with E-state index in [1.165, 1.54) is 0 Å². The van der Waals surface area contributed by atoms with E-state index in [1.807, 2.05) is 31.2 Å². The van der Waals surface area contributed by atoms with Crippen molar-refractivity contribution < 1.29 is 4.21 Å². The first-order valence-electron chi connectivity index (χ1n) is 5.40. The Morgan fingerprint density at radius 2 is 2.07 bits per heavy atom. The maximum atomic E-state index is 12.3. The highest BCUT2D eigenvalue weighted by Crippen LogP contribution is 2.27. The second-order valence-corrected chi connectivity index (χ2v) is 5.96. The molecule has 15 heavy (non-hydrogen) atoms. The van der Waals surface area contributed by atoms with Crippen LogP contribution in [0.5, 0.6) is 0 Å². The van der Waals surface area contributed by atoms with Gasteiger partial charge in [-0.1, -0.05) is 18.2 Å². The molecule has 1 aromatic rings. The van der Waals surface area contributed by atoms with Gasteiger partial charge in [-0.3, -0.25) is 4.21 Å². The lowest BCUT2D eigenvalue weighted by atomic mass is 10.2. The average Bonchev–Trinajstić information content (AvgIpc) is 2.65. The van der Waals surface area contributed by atoms with Crippen molar-refractivity contribution >= 4 is 10.8 Å². The van der Waals surface area contributed by atoms with E-state index in [0.717, 1.165) is 29.7 Å². The van der Waals surface area contributed by atoms with Gasteiger partial charge in [0.15, 0.2) is 0 Å². The highest BCUT2D eigenvalue weighted by molar-refractivity contribution is 7.85. The summed E-state index contributed by atoms with van der Waals surface area (Å²) in [5.41, 5.74) is 6.97. The van der Waals surface area contributed by atoms with Crippen molar-refractivity contribution in [3.8, 4) is 0 Å². The molecular weight excluding hydrogens is 206 g/mol. The van der Waals surface area contributed by atoms with E-state index in [2.05, 4.69) is 0 Å². The van der Waals surface area contributed by atoms with Gasteiger partial charge in [0.1, 0.15) is 0 Å².